The van der Waals surface area contributed by atoms with Crippen molar-refractivity contribution in [3.8, 4) is 0 Å². The van der Waals surface area contributed by atoms with Crippen LogP contribution >= 0.6 is 0 Å². The molecule has 0 aliphatic carbocycles. The van der Waals surface area contributed by atoms with Crippen LogP contribution < -0.4 is 0 Å². The molecular weight excluding hydrogens is 368 g/mol. The third-order valence-corrected chi connectivity index (χ3v) is 3.93. The van der Waals surface area contributed by atoms with Crippen LogP contribution in [0.15, 0.2) is 0 Å². The Kier molecular flexibility index (Phi) is 13.4. The number of rotatable bonds is 14. The molecule has 1 heterocycles. The Hall–Kier alpha value is -0.970. The largest absolute Gasteiger partial charge is 0.444 e. The summed E-state index contributed by atoms with van der Waals surface area (Å²) in [5, 5.41) is 8.55. The van der Waals surface area contributed by atoms with E-state index in [1.54, 1.807) is 4.90 Å². The smallest absolute Gasteiger partial charge is 0.410 e. The van der Waals surface area contributed by atoms with Gasteiger partial charge in [0.05, 0.1) is 59.5 Å². The van der Waals surface area contributed by atoms with Crippen LogP contribution in [0.1, 0.15) is 20.8 Å². The third kappa shape index (κ3) is 13.2. The highest BCUT2D eigenvalue weighted by atomic mass is 16.6. The van der Waals surface area contributed by atoms with Crippen molar-refractivity contribution in [1.82, 2.24) is 9.80 Å². The van der Waals surface area contributed by atoms with Gasteiger partial charge in [-0.25, -0.2) is 4.79 Å². The van der Waals surface area contributed by atoms with Gasteiger partial charge in [0.15, 0.2) is 0 Å². The van der Waals surface area contributed by atoms with Crippen LogP contribution in [-0.2, 0) is 23.7 Å². The molecule has 0 aromatic heterocycles. The molecule has 0 bridgehead atoms. The van der Waals surface area contributed by atoms with Gasteiger partial charge in [-0.1, -0.05) is 0 Å². The molecule has 0 aromatic carbocycles. The van der Waals surface area contributed by atoms with Gasteiger partial charge in [0.2, 0.25) is 0 Å². The lowest BCUT2D eigenvalue weighted by atomic mass is 10.2. The highest BCUT2D eigenvalue weighted by molar-refractivity contribution is 5.68. The van der Waals surface area contributed by atoms with Gasteiger partial charge in [0.25, 0.3) is 0 Å². The number of hydrogen-bond acceptors (Lipinski definition) is 8. The van der Waals surface area contributed by atoms with Crippen molar-refractivity contribution in [2.24, 2.45) is 0 Å². The van der Waals surface area contributed by atoms with E-state index in [9.17, 15) is 4.79 Å². The van der Waals surface area contributed by atoms with Crippen molar-refractivity contribution in [2.75, 3.05) is 92.2 Å². The second kappa shape index (κ2) is 14.9. The first-order valence-corrected chi connectivity index (χ1v) is 10.0. The number of carbonyl (C=O) groups is 1. The lowest BCUT2D eigenvalue weighted by Gasteiger charge is -2.35. The van der Waals surface area contributed by atoms with Crippen LogP contribution in [0.2, 0.25) is 0 Å². The van der Waals surface area contributed by atoms with Gasteiger partial charge < -0.3 is 33.7 Å². The predicted octanol–water partition coefficient (Wildman–Crippen LogP) is 0.598. The Bertz CT molecular complexity index is 396. The molecule has 0 unspecified atom stereocenters. The number of ether oxygens (including phenoxy) is 5. The average Bonchev–Trinajstić information content (AvgIpc) is 2.64. The zero-order valence-electron chi connectivity index (χ0n) is 17.7. The van der Waals surface area contributed by atoms with Crippen molar-refractivity contribution in [1.29, 1.82) is 0 Å². The zero-order valence-corrected chi connectivity index (χ0v) is 17.7. The van der Waals surface area contributed by atoms with Crippen molar-refractivity contribution in [3.05, 3.63) is 0 Å². The number of carbonyl (C=O) groups excluding carboxylic acids is 1. The number of amides is 1. The second-order valence-corrected chi connectivity index (χ2v) is 7.48. The number of nitrogens with zero attached hydrogens (tertiary/aromatic N) is 2. The Morgan fingerprint density at radius 1 is 0.786 bits per heavy atom. The molecule has 0 spiro atoms. The molecule has 0 aromatic rings. The summed E-state index contributed by atoms with van der Waals surface area (Å²) in [6, 6.07) is 0. The van der Waals surface area contributed by atoms with Crippen LogP contribution in [0.4, 0.5) is 4.79 Å². The lowest BCUT2D eigenvalue weighted by Crippen LogP contribution is -2.50. The van der Waals surface area contributed by atoms with E-state index in [0.29, 0.717) is 65.9 Å². The fourth-order valence-corrected chi connectivity index (χ4v) is 2.50. The Balaban J connectivity index is 1.88. The molecule has 28 heavy (non-hydrogen) atoms. The molecule has 1 aliphatic rings. The van der Waals surface area contributed by atoms with E-state index in [1.165, 1.54) is 0 Å². The monoisotopic (exact) mass is 406 g/mol. The molecule has 1 fully saturated rings. The third-order valence-electron chi connectivity index (χ3n) is 3.93. The van der Waals surface area contributed by atoms with Crippen LogP contribution in [0.5, 0.6) is 0 Å². The summed E-state index contributed by atoms with van der Waals surface area (Å²) in [4.78, 5) is 16.1. The van der Waals surface area contributed by atoms with Crippen molar-refractivity contribution in [3.63, 3.8) is 0 Å². The summed E-state index contributed by atoms with van der Waals surface area (Å²) in [6.45, 7) is 13.7. The highest BCUT2D eigenvalue weighted by Crippen LogP contribution is 2.11. The molecule has 166 valence electrons. The van der Waals surface area contributed by atoms with Crippen LogP contribution in [0.3, 0.4) is 0 Å². The Morgan fingerprint density at radius 2 is 1.25 bits per heavy atom. The van der Waals surface area contributed by atoms with E-state index >= 15 is 0 Å². The van der Waals surface area contributed by atoms with E-state index in [0.717, 1.165) is 19.6 Å². The molecule has 0 saturated carbocycles. The summed E-state index contributed by atoms with van der Waals surface area (Å²) in [5.74, 6) is 0. The summed E-state index contributed by atoms with van der Waals surface area (Å²) < 4.78 is 26.8. The van der Waals surface area contributed by atoms with Gasteiger partial charge in [-0.15, -0.1) is 0 Å². The number of hydrogen-bond donors (Lipinski definition) is 1. The van der Waals surface area contributed by atoms with Crippen molar-refractivity contribution in [2.45, 2.75) is 26.4 Å². The Morgan fingerprint density at radius 3 is 1.71 bits per heavy atom. The highest BCUT2D eigenvalue weighted by Gasteiger charge is 2.25. The molecular formula is C19H38N2O7. The Labute approximate surface area is 168 Å². The van der Waals surface area contributed by atoms with E-state index in [2.05, 4.69) is 4.90 Å². The van der Waals surface area contributed by atoms with Crippen LogP contribution in [0.25, 0.3) is 0 Å². The molecule has 1 amide bonds. The van der Waals surface area contributed by atoms with Crippen molar-refractivity contribution >= 4 is 6.09 Å². The molecule has 0 atom stereocenters. The maximum atomic E-state index is 12.0. The molecule has 0 radical (unpaired) electrons. The number of aliphatic hydroxyl groups is 1. The summed E-state index contributed by atoms with van der Waals surface area (Å²) in [7, 11) is 0. The minimum Gasteiger partial charge on any atom is -0.444 e. The molecule has 1 N–H and O–H groups in total. The van der Waals surface area contributed by atoms with Gasteiger partial charge in [-0.3, -0.25) is 4.90 Å². The minimum absolute atomic E-state index is 0.0331. The average molecular weight is 407 g/mol. The maximum Gasteiger partial charge on any atom is 0.410 e. The molecule has 9 heteroatoms. The predicted molar refractivity (Wildman–Crippen MR) is 105 cm³/mol. The van der Waals surface area contributed by atoms with Gasteiger partial charge in [-0.2, -0.15) is 0 Å². The van der Waals surface area contributed by atoms with E-state index in [1.807, 2.05) is 20.8 Å². The van der Waals surface area contributed by atoms with E-state index in [4.69, 9.17) is 28.8 Å². The second-order valence-electron chi connectivity index (χ2n) is 7.48. The fraction of sp³-hybridized carbons (Fsp3) is 0.947. The first-order chi connectivity index (χ1) is 13.4. The van der Waals surface area contributed by atoms with E-state index < -0.39 is 5.60 Å². The van der Waals surface area contributed by atoms with Crippen LogP contribution in [0, 0.1) is 0 Å². The fourth-order valence-electron chi connectivity index (χ4n) is 2.50. The molecule has 1 rings (SSSR count). The minimum atomic E-state index is -0.453. The van der Waals surface area contributed by atoms with Crippen molar-refractivity contribution < 1.29 is 33.6 Å². The quantitative estimate of drug-likeness (QED) is 0.420. The lowest BCUT2D eigenvalue weighted by molar-refractivity contribution is -0.00949. The van der Waals surface area contributed by atoms with Gasteiger partial charge in [-0.05, 0) is 20.8 Å². The first-order valence-electron chi connectivity index (χ1n) is 10.0. The summed E-state index contributed by atoms with van der Waals surface area (Å²) in [5.41, 5.74) is -0.453. The van der Waals surface area contributed by atoms with Gasteiger partial charge >= 0.3 is 6.09 Å². The van der Waals surface area contributed by atoms with Crippen LogP contribution in [-0.4, -0.2) is 119 Å². The topological polar surface area (TPSA) is 89.9 Å². The standard InChI is InChI=1S/C19H38N2O7/c1-19(2,3)28-18(23)21-6-4-20(5-7-21)8-10-24-12-14-26-16-17-27-15-13-25-11-9-22/h22H,4-17H2,1-3H3. The first kappa shape index (κ1) is 25.1. The van der Waals surface area contributed by atoms with Gasteiger partial charge in [0, 0.05) is 32.7 Å². The summed E-state index contributed by atoms with van der Waals surface area (Å²) >= 11 is 0. The number of piperazine rings is 1. The normalized spacial score (nSPS) is 15.8. The zero-order chi connectivity index (χ0) is 20.7. The summed E-state index contributed by atoms with van der Waals surface area (Å²) in [6.07, 6.45) is -0.234. The maximum absolute atomic E-state index is 12.0. The molecule has 1 saturated heterocycles. The molecule has 1 aliphatic heterocycles. The number of aliphatic hydroxyl groups excluding tert-OH is 1. The SMILES string of the molecule is CC(C)(C)OC(=O)N1CCN(CCOCCOCCOCCOCCO)CC1. The van der Waals surface area contributed by atoms with E-state index in [-0.39, 0.29) is 12.7 Å². The molecule has 9 nitrogen and oxygen atoms in total. The van der Waals surface area contributed by atoms with Gasteiger partial charge in [0.1, 0.15) is 5.60 Å².